The zero-order valence-electron chi connectivity index (χ0n) is 16.1. The number of imidazole rings is 1. The lowest BCUT2D eigenvalue weighted by molar-refractivity contribution is 0.255. The quantitative estimate of drug-likeness (QED) is 0.661. The number of nitrogens with zero attached hydrogens (tertiary/aromatic N) is 5. The number of aromatic nitrogens is 4. The van der Waals surface area contributed by atoms with Crippen LogP contribution in [0.2, 0.25) is 0 Å². The van der Waals surface area contributed by atoms with Crippen LogP contribution in [-0.4, -0.2) is 37.5 Å². The third-order valence-corrected chi connectivity index (χ3v) is 5.33. The molecule has 3 heterocycles. The van der Waals surface area contributed by atoms with E-state index in [0.717, 1.165) is 43.3 Å². The number of rotatable bonds is 6. The number of hydrogen-bond acceptors (Lipinski definition) is 4. The van der Waals surface area contributed by atoms with Crippen LogP contribution in [-0.2, 0) is 6.42 Å². The molecule has 1 fully saturated rings. The maximum atomic E-state index is 4.77. The first-order valence-corrected chi connectivity index (χ1v) is 9.86. The third kappa shape index (κ3) is 3.78. The molecule has 0 amide bonds. The summed E-state index contributed by atoms with van der Waals surface area (Å²) in [5, 5.41) is 0. The van der Waals surface area contributed by atoms with Crippen LogP contribution in [0.25, 0.3) is 5.82 Å². The Morgan fingerprint density at radius 3 is 2.67 bits per heavy atom. The molecular formula is C22H27N5. The fraction of sp³-hybridized carbons (Fsp3) is 0.409. The lowest BCUT2D eigenvalue weighted by Gasteiger charge is -2.25. The molecule has 0 aliphatic carbocycles. The highest BCUT2D eigenvalue weighted by Gasteiger charge is 2.30. The molecule has 0 radical (unpaired) electrons. The van der Waals surface area contributed by atoms with E-state index in [1.165, 1.54) is 12.0 Å². The van der Waals surface area contributed by atoms with Gasteiger partial charge in [-0.05, 0) is 31.4 Å². The zero-order chi connectivity index (χ0) is 18.6. The summed E-state index contributed by atoms with van der Waals surface area (Å²) in [6, 6.07) is 11.0. The minimum absolute atomic E-state index is 0.319. The van der Waals surface area contributed by atoms with Crippen molar-refractivity contribution in [1.82, 2.24) is 24.4 Å². The van der Waals surface area contributed by atoms with E-state index in [1.807, 2.05) is 18.6 Å². The van der Waals surface area contributed by atoms with Gasteiger partial charge in [0.15, 0.2) is 5.82 Å². The van der Waals surface area contributed by atoms with Gasteiger partial charge in [-0.1, -0.05) is 44.2 Å². The molecule has 4 rings (SSSR count). The molecule has 2 aromatic heterocycles. The number of hydrogen-bond donors (Lipinski definition) is 0. The Morgan fingerprint density at radius 2 is 1.85 bits per heavy atom. The number of benzene rings is 1. The van der Waals surface area contributed by atoms with Gasteiger partial charge in [0.05, 0.1) is 6.04 Å². The first kappa shape index (κ1) is 17.9. The van der Waals surface area contributed by atoms with Gasteiger partial charge in [-0.25, -0.2) is 9.97 Å². The summed E-state index contributed by atoms with van der Waals surface area (Å²) in [5.41, 5.74) is 2.46. The van der Waals surface area contributed by atoms with Gasteiger partial charge in [-0.15, -0.1) is 0 Å². The minimum atomic E-state index is 0.319. The average Bonchev–Trinajstić information content (AvgIpc) is 3.36. The Morgan fingerprint density at radius 1 is 1.04 bits per heavy atom. The van der Waals surface area contributed by atoms with Crippen LogP contribution in [0, 0.1) is 0 Å². The summed E-state index contributed by atoms with van der Waals surface area (Å²) in [5.74, 6) is 2.30. The summed E-state index contributed by atoms with van der Waals surface area (Å²) in [7, 11) is 0. The van der Waals surface area contributed by atoms with Gasteiger partial charge >= 0.3 is 0 Å². The van der Waals surface area contributed by atoms with E-state index >= 15 is 0 Å². The fourth-order valence-electron chi connectivity index (χ4n) is 4.00. The molecule has 1 unspecified atom stereocenters. The number of likely N-dealkylation sites (tertiary alicyclic amines) is 1. The normalized spacial score (nSPS) is 17.7. The lowest BCUT2D eigenvalue weighted by Crippen LogP contribution is -2.27. The molecule has 27 heavy (non-hydrogen) atoms. The Hall–Kier alpha value is -2.53. The predicted octanol–water partition coefficient (Wildman–Crippen LogP) is 4.17. The van der Waals surface area contributed by atoms with Gasteiger partial charge < -0.3 is 0 Å². The standard InChI is InChI=1S/C22H27N5/c1-17(2)21-25-13-16-27(21)22-20(23-11-12-24-22)19-9-6-14-26(19)15-10-18-7-4-3-5-8-18/h3-5,7-8,11-13,16-17,19H,6,9-10,14-15H2,1-2H3. The van der Waals surface area contributed by atoms with Crippen molar-refractivity contribution in [3.05, 3.63) is 72.2 Å². The molecule has 0 saturated carbocycles. The first-order chi connectivity index (χ1) is 13.2. The summed E-state index contributed by atoms with van der Waals surface area (Å²) in [4.78, 5) is 16.6. The second-order valence-electron chi connectivity index (χ2n) is 7.50. The highest BCUT2D eigenvalue weighted by molar-refractivity contribution is 5.33. The molecule has 1 aliphatic rings. The second kappa shape index (κ2) is 8.01. The van der Waals surface area contributed by atoms with E-state index in [4.69, 9.17) is 9.97 Å². The van der Waals surface area contributed by atoms with Crippen LogP contribution in [0.15, 0.2) is 55.1 Å². The lowest BCUT2D eigenvalue weighted by atomic mass is 10.1. The van der Waals surface area contributed by atoms with Crippen molar-refractivity contribution in [1.29, 1.82) is 0 Å². The van der Waals surface area contributed by atoms with Crippen LogP contribution in [0.4, 0.5) is 0 Å². The highest BCUT2D eigenvalue weighted by Crippen LogP contribution is 2.33. The van der Waals surface area contributed by atoms with Crippen LogP contribution in [0.3, 0.4) is 0 Å². The van der Waals surface area contributed by atoms with Gasteiger partial charge in [0, 0.05) is 37.3 Å². The van der Waals surface area contributed by atoms with Crippen molar-refractivity contribution in [2.24, 2.45) is 0 Å². The Labute approximate surface area is 161 Å². The molecule has 1 aliphatic heterocycles. The second-order valence-corrected chi connectivity index (χ2v) is 7.50. The molecule has 1 atom stereocenters. The van der Waals surface area contributed by atoms with Gasteiger partial charge in [0.2, 0.25) is 0 Å². The van der Waals surface area contributed by atoms with E-state index in [1.54, 1.807) is 6.20 Å². The largest absolute Gasteiger partial charge is 0.294 e. The Kier molecular flexibility index (Phi) is 5.30. The van der Waals surface area contributed by atoms with E-state index in [9.17, 15) is 0 Å². The monoisotopic (exact) mass is 361 g/mol. The Bertz CT molecular complexity index is 871. The van der Waals surface area contributed by atoms with E-state index in [2.05, 4.69) is 58.6 Å². The maximum Gasteiger partial charge on any atom is 0.161 e. The topological polar surface area (TPSA) is 46.8 Å². The minimum Gasteiger partial charge on any atom is -0.294 e. The molecule has 1 aromatic carbocycles. The molecule has 0 N–H and O–H groups in total. The Balaban J connectivity index is 1.60. The van der Waals surface area contributed by atoms with Gasteiger partial charge in [-0.2, -0.15) is 0 Å². The maximum absolute atomic E-state index is 4.77. The van der Waals surface area contributed by atoms with Crippen LogP contribution in [0.5, 0.6) is 0 Å². The smallest absolute Gasteiger partial charge is 0.161 e. The molecule has 1 saturated heterocycles. The van der Waals surface area contributed by atoms with Crippen LogP contribution in [0.1, 0.15) is 55.7 Å². The van der Waals surface area contributed by atoms with Crippen molar-refractivity contribution < 1.29 is 0 Å². The van der Waals surface area contributed by atoms with Crippen LogP contribution < -0.4 is 0 Å². The molecule has 0 spiro atoms. The van der Waals surface area contributed by atoms with Gasteiger partial charge in [0.25, 0.3) is 0 Å². The van der Waals surface area contributed by atoms with Crippen LogP contribution >= 0.6 is 0 Å². The molecule has 140 valence electrons. The average molecular weight is 361 g/mol. The van der Waals surface area contributed by atoms with Gasteiger partial charge in [-0.3, -0.25) is 14.5 Å². The molecular weight excluding hydrogens is 334 g/mol. The summed E-state index contributed by atoms with van der Waals surface area (Å²) in [6.45, 7) is 6.49. The van der Waals surface area contributed by atoms with E-state index in [0.29, 0.717) is 12.0 Å². The van der Waals surface area contributed by atoms with Crippen molar-refractivity contribution in [3.63, 3.8) is 0 Å². The van der Waals surface area contributed by atoms with Crippen molar-refractivity contribution in [2.75, 3.05) is 13.1 Å². The molecule has 3 aromatic rings. The van der Waals surface area contributed by atoms with E-state index < -0.39 is 0 Å². The fourth-order valence-corrected chi connectivity index (χ4v) is 4.00. The van der Waals surface area contributed by atoms with E-state index in [-0.39, 0.29) is 0 Å². The summed E-state index contributed by atoms with van der Waals surface area (Å²) < 4.78 is 2.11. The van der Waals surface area contributed by atoms with Crippen molar-refractivity contribution in [2.45, 2.75) is 45.1 Å². The SMILES string of the molecule is CC(C)c1nccn1-c1nccnc1C1CCCN1CCc1ccccc1. The molecule has 5 nitrogen and oxygen atoms in total. The first-order valence-electron chi connectivity index (χ1n) is 9.86. The summed E-state index contributed by atoms with van der Waals surface area (Å²) >= 11 is 0. The zero-order valence-corrected chi connectivity index (χ0v) is 16.1. The molecule has 0 bridgehead atoms. The van der Waals surface area contributed by atoms with Crippen molar-refractivity contribution in [3.8, 4) is 5.82 Å². The predicted molar refractivity (Wildman–Crippen MR) is 107 cm³/mol. The highest BCUT2D eigenvalue weighted by atomic mass is 15.2. The molecule has 5 heteroatoms. The summed E-state index contributed by atoms with van der Waals surface area (Å²) in [6.07, 6.45) is 10.9. The third-order valence-electron chi connectivity index (χ3n) is 5.33. The van der Waals surface area contributed by atoms with Crippen molar-refractivity contribution >= 4 is 0 Å². The van der Waals surface area contributed by atoms with Gasteiger partial charge in [0.1, 0.15) is 11.5 Å².